The third-order valence-electron chi connectivity index (χ3n) is 3.03. The van der Waals surface area contributed by atoms with E-state index in [1.54, 1.807) is 0 Å². The SMILES string of the molecule is CS(=O)(=O)N1CC2(CCCNC2=O)C1. The fourth-order valence-electron chi connectivity index (χ4n) is 2.09. The highest BCUT2D eigenvalue weighted by molar-refractivity contribution is 7.88. The lowest BCUT2D eigenvalue weighted by molar-refractivity contribution is -0.140. The molecule has 80 valence electrons. The van der Waals surface area contributed by atoms with Gasteiger partial charge in [0.1, 0.15) is 0 Å². The first-order valence-corrected chi connectivity index (χ1v) is 6.52. The number of hydrogen-bond donors (Lipinski definition) is 1. The first-order valence-electron chi connectivity index (χ1n) is 4.67. The number of nitrogens with zero attached hydrogens (tertiary/aromatic N) is 1. The van der Waals surface area contributed by atoms with Crippen molar-refractivity contribution in [3.8, 4) is 0 Å². The molecular weight excluding hydrogens is 204 g/mol. The van der Waals surface area contributed by atoms with Gasteiger partial charge in [-0.25, -0.2) is 8.42 Å². The predicted octanol–water partition coefficient (Wildman–Crippen LogP) is -0.842. The number of carbonyl (C=O) groups excluding carboxylic acids is 1. The van der Waals surface area contributed by atoms with E-state index < -0.39 is 15.4 Å². The summed E-state index contributed by atoms with van der Waals surface area (Å²) in [7, 11) is -3.11. The highest BCUT2D eigenvalue weighted by Crippen LogP contribution is 2.38. The summed E-state index contributed by atoms with van der Waals surface area (Å²) in [6.45, 7) is 1.44. The smallest absolute Gasteiger partial charge is 0.228 e. The van der Waals surface area contributed by atoms with E-state index in [4.69, 9.17) is 0 Å². The highest BCUT2D eigenvalue weighted by Gasteiger charge is 2.52. The number of rotatable bonds is 1. The van der Waals surface area contributed by atoms with Crippen molar-refractivity contribution in [3.63, 3.8) is 0 Å². The van der Waals surface area contributed by atoms with Crippen LogP contribution >= 0.6 is 0 Å². The summed E-state index contributed by atoms with van der Waals surface area (Å²) in [6.07, 6.45) is 2.94. The van der Waals surface area contributed by atoms with Gasteiger partial charge in [-0.2, -0.15) is 4.31 Å². The molecule has 1 N–H and O–H groups in total. The molecule has 2 fully saturated rings. The van der Waals surface area contributed by atoms with Crippen LogP contribution in [0.2, 0.25) is 0 Å². The maximum atomic E-state index is 11.5. The molecule has 2 aliphatic rings. The molecular formula is C8H14N2O3S. The zero-order chi connectivity index (χ0) is 10.4. The van der Waals surface area contributed by atoms with Crippen LogP contribution in [0, 0.1) is 5.41 Å². The van der Waals surface area contributed by atoms with Crippen molar-refractivity contribution in [2.75, 3.05) is 25.9 Å². The van der Waals surface area contributed by atoms with Crippen molar-refractivity contribution in [2.24, 2.45) is 5.41 Å². The summed E-state index contributed by atoms with van der Waals surface area (Å²) >= 11 is 0. The number of nitrogens with one attached hydrogen (secondary N) is 1. The van der Waals surface area contributed by atoms with Crippen LogP contribution in [0.3, 0.4) is 0 Å². The Balaban J connectivity index is 2.07. The van der Waals surface area contributed by atoms with Crippen LogP contribution in [0.5, 0.6) is 0 Å². The molecule has 5 nitrogen and oxygen atoms in total. The predicted molar refractivity (Wildman–Crippen MR) is 51.1 cm³/mol. The van der Waals surface area contributed by atoms with Crippen LogP contribution in [0.25, 0.3) is 0 Å². The van der Waals surface area contributed by atoms with Gasteiger partial charge in [0.15, 0.2) is 0 Å². The van der Waals surface area contributed by atoms with E-state index in [0.717, 1.165) is 19.4 Å². The van der Waals surface area contributed by atoms with Gasteiger partial charge in [-0.15, -0.1) is 0 Å². The van der Waals surface area contributed by atoms with Crippen LogP contribution in [-0.4, -0.2) is 44.5 Å². The molecule has 2 saturated heterocycles. The molecule has 0 saturated carbocycles. The Morgan fingerprint density at radius 3 is 2.57 bits per heavy atom. The van der Waals surface area contributed by atoms with Crippen molar-refractivity contribution >= 4 is 15.9 Å². The Morgan fingerprint density at radius 1 is 1.43 bits per heavy atom. The Hall–Kier alpha value is -0.620. The minimum atomic E-state index is -3.11. The summed E-state index contributed by atoms with van der Waals surface area (Å²) in [5, 5.41) is 2.79. The quantitative estimate of drug-likeness (QED) is 0.624. The lowest BCUT2D eigenvalue weighted by Crippen LogP contribution is -2.66. The largest absolute Gasteiger partial charge is 0.356 e. The topological polar surface area (TPSA) is 66.5 Å². The van der Waals surface area contributed by atoms with Crippen LogP contribution in [0.15, 0.2) is 0 Å². The lowest BCUT2D eigenvalue weighted by atomic mass is 9.75. The van der Waals surface area contributed by atoms with Gasteiger partial charge in [-0.3, -0.25) is 4.79 Å². The average Bonchev–Trinajstić information content (AvgIpc) is 1.99. The molecule has 0 aromatic heterocycles. The third kappa shape index (κ3) is 1.42. The zero-order valence-electron chi connectivity index (χ0n) is 8.12. The minimum absolute atomic E-state index is 0.0173. The van der Waals surface area contributed by atoms with Crippen LogP contribution in [0.1, 0.15) is 12.8 Å². The summed E-state index contributed by atoms with van der Waals surface area (Å²) in [4.78, 5) is 11.5. The van der Waals surface area contributed by atoms with Crippen molar-refractivity contribution in [3.05, 3.63) is 0 Å². The normalized spacial score (nSPS) is 27.1. The number of hydrogen-bond acceptors (Lipinski definition) is 3. The van der Waals surface area contributed by atoms with Gasteiger partial charge in [0, 0.05) is 19.6 Å². The van der Waals surface area contributed by atoms with E-state index in [-0.39, 0.29) is 5.91 Å². The third-order valence-corrected chi connectivity index (χ3v) is 4.22. The summed E-state index contributed by atoms with van der Waals surface area (Å²) in [5.41, 5.74) is -0.415. The maximum Gasteiger partial charge on any atom is 0.228 e. The molecule has 0 aromatic rings. The summed E-state index contributed by atoms with van der Waals surface area (Å²) in [5.74, 6) is 0.0173. The van der Waals surface area contributed by atoms with Gasteiger partial charge >= 0.3 is 0 Å². The first-order chi connectivity index (χ1) is 6.44. The zero-order valence-corrected chi connectivity index (χ0v) is 8.93. The van der Waals surface area contributed by atoms with E-state index in [9.17, 15) is 13.2 Å². The molecule has 6 heteroatoms. The Kier molecular flexibility index (Phi) is 2.08. The fourth-order valence-corrected chi connectivity index (χ4v) is 3.06. The molecule has 0 atom stereocenters. The molecule has 0 aromatic carbocycles. The minimum Gasteiger partial charge on any atom is -0.356 e. The maximum absolute atomic E-state index is 11.5. The Morgan fingerprint density at radius 2 is 2.07 bits per heavy atom. The second-order valence-electron chi connectivity index (χ2n) is 4.17. The molecule has 0 unspecified atom stereocenters. The second-order valence-corrected chi connectivity index (χ2v) is 6.15. The molecule has 0 bridgehead atoms. The standard InChI is InChI=1S/C8H14N2O3S/c1-14(12,13)10-5-8(6-10)3-2-4-9-7(8)11/h2-6H2,1H3,(H,9,11). The first kappa shape index (κ1) is 9.92. The van der Waals surface area contributed by atoms with Crippen LogP contribution in [-0.2, 0) is 14.8 Å². The fraction of sp³-hybridized carbons (Fsp3) is 0.875. The van der Waals surface area contributed by atoms with Crippen LogP contribution in [0.4, 0.5) is 0 Å². The van der Waals surface area contributed by atoms with E-state index >= 15 is 0 Å². The molecule has 14 heavy (non-hydrogen) atoms. The average molecular weight is 218 g/mol. The number of sulfonamides is 1. The van der Waals surface area contributed by atoms with Gasteiger partial charge in [0.05, 0.1) is 11.7 Å². The van der Waals surface area contributed by atoms with Gasteiger partial charge in [0.25, 0.3) is 0 Å². The molecule has 0 aliphatic carbocycles. The molecule has 1 spiro atoms. The van der Waals surface area contributed by atoms with Crippen molar-refractivity contribution in [1.82, 2.24) is 9.62 Å². The molecule has 2 heterocycles. The second kappa shape index (κ2) is 2.93. The van der Waals surface area contributed by atoms with Crippen molar-refractivity contribution < 1.29 is 13.2 Å². The molecule has 1 amide bonds. The van der Waals surface area contributed by atoms with Gasteiger partial charge in [-0.05, 0) is 12.8 Å². The Bertz CT molecular complexity index is 357. The monoisotopic (exact) mass is 218 g/mol. The Labute approximate surface area is 83.5 Å². The highest BCUT2D eigenvalue weighted by atomic mass is 32.2. The van der Waals surface area contributed by atoms with Gasteiger partial charge in [0.2, 0.25) is 15.9 Å². The molecule has 0 radical (unpaired) electrons. The van der Waals surface area contributed by atoms with Gasteiger partial charge < -0.3 is 5.32 Å². The van der Waals surface area contributed by atoms with E-state index in [0.29, 0.717) is 13.1 Å². The van der Waals surface area contributed by atoms with E-state index in [2.05, 4.69) is 5.32 Å². The van der Waals surface area contributed by atoms with Gasteiger partial charge in [-0.1, -0.05) is 0 Å². The number of carbonyl (C=O) groups is 1. The molecule has 2 aliphatic heterocycles. The number of piperidine rings is 1. The lowest BCUT2D eigenvalue weighted by Gasteiger charge is -2.49. The van der Waals surface area contributed by atoms with Crippen molar-refractivity contribution in [2.45, 2.75) is 12.8 Å². The summed E-state index contributed by atoms with van der Waals surface area (Å²) in [6, 6.07) is 0. The molecule has 2 rings (SSSR count). The van der Waals surface area contributed by atoms with Crippen molar-refractivity contribution in [1.29, 1.82) is 0 Å². The summed E-state index contributed by atoms with van der Waals surface area (Å²) < 4.78 is 23.6. The van der Waals surface area contributed by atoms with E-state index in [1.165, 1.54) is 10.6 Å². The number of amides is 1. The van der Waals surface area contributed by atoms with E-state index in [1.807, 2.05) is 0 Å². The van der Waals surface area contributed by atoms with Crippen LogP contribution < -0.4 is 5.32 Å².